The van der Waals surface area contributed by atoms with Crippen molar-refractivity contribution in [2.75, 3.05) is 5.75 Å². The molecule has 0 N–H and O–H groups in total. The minimum atomic E-state index is -1.68. The molecular formula is C14H26O2SSi. The first-order valence-corrected chi connectivity index (χ1v) is 11.6. The molecule has 2 nitrogen and oxygen atoms in total. The first kappa shape index (κ1) is 14.6. The fourth-order valence-corrected chi connectivity index (χ4v) is 6.70. The fraction of sp³-hybridized carbons (Fsp3) is 0.929. The van der Waals surface area contributed by atoms with Crippen molar-refractivity contribution in [3.63, 3.8) is 0 Å². The molecular weight excluding hydrogens is 260 g/mol. The predicted octanol–water partition coefficient (Wildman–Crippen LogP) is 4.01. The highest BCUT2D eigenvalue weighted by Crippen LogP contribution is 2.57. The molecule has 2 rings (SSSR count). The number of hydrogen-bond donors (Lipinski definition) is 0. The Morgan fingerprint density at radius 3 is 2.17 bits per heavy atom. The molecule has 0 radical (unpaired) electrons. The van der Waals surface area contributed by atoms with Gasteiger partial charge in [-0.1, -0.05) is 19.8 Å². The lowest BCUT2D eigenvalue weighted by atomic mass is 9.68. The monoisotopic (exact) mass is 286 g/mol. The van der Waals surface area contributed by atoms with Crippen LogP contribution in [0.5, 0.6) is 0 Å². The number of carbonyl (C=O) groups excluding carboxylic acids is 1. The summed E-state index contributed by atoms with van der Waals surface area (Å²) in [4.78, 5) is 12.4. The van der Waals surface area contributed by atoms with Gasteiger partial charge in [0.1, 0.15) is 5.60 Å². The van der Waals surface area contributed by atoms with Gasteiger partial charge in [0, 0.05) is 6.42 Å². The minimum Gasteiger partial charge on any atom is -0.404 e. The molecule has 0 saturated heterocycles. The van der Waals surface area contributed by atoms with E-state index >= 15 is 0 Å². The van der Waals surface area contributed by atoms with Crippen molar-refractivity contribution in [1.82, 2.24) is 0 Å². The number of rotatable bonds is 5. The lowest BCUT2D eigenvalue weighted by Gasteiger charge is -2.54. The van der Waals surface area contributed by atoms with E-state index in [-0.39, 0.29) is 4.75 Å². The lowest BCUT2D eigenvalue weighted by Crippen LogP contribution is -2.66. The van der Waals surface area contributed by atoms with Gasteiger partial charge < -0.3 is 4.43 Å². The van der Waals surface area contributed by atoms with Crippen LogP contribution in [0.4, 0.5) is 0 Å². The van der Waals surface area contributed by atoms with Crippen LogP contribution in [0.25, 0.3) is 0 Å². The first-order chi connectivity index (χ1) is 8.35. The number of hydrogen-bond acceptors (Lipinski definition) is 3. The van der Waals surface area contributed by atoms with Crippen LogP contribution >= 0.6 is 11.8 Å². The Morgan fingerprint density at radius 2 is 1.83 bits per heavy atom. The van der Waals surface area contributed by atoms with E-state index in [4.69, 9.17) is 4.43 Å². The molecule has 0 aromatic heterocycles. The Balaban J connectivity index is 2.31. The van der Waals surface area contributed by atoms with Crippen molar-refractivity contribution in [3.05, 3.63) is 0 Å². The van der Waals surface area contributed by atoms with E-state index in [1.54, 1.807) is 0 Å². The Labute approximate surface area is 116 Å². The van der Waals surface area contributed by atoms with Gasteiger partial charge >= 0.3 is 0 Å². The van der Waals surface area contributed by atoms with Gasteiger partial charge in [-0.2, -0.15) is 11.8 Å². The van der Waals surface area contributed by atoms with E-state index in [0.29, 0.717) is 5.78 Å². The second-order valence-electron chi connectivity index (χ2n) is 6.60. The van der Waals surface area contributed by atoms with Crippen molar-refractivity contribution in [2.24, 2.45) is 0 Å². The second kappa shape index (κ2) is 4.95. The molecule has 2 fully saturated rings. The van der Waals surface area contributed by atoms with Gasteiger partial charge in [-0.05, 0) is 44.7 Å². The molecule has 0 heterocycles. The zero-order valence-corrected chi connectivity index (χ0v) is 14.0. The Hall–Kier alpha value is 0.197. The van der Waals surface area contributed by atoms with Crippen molar-refractivity contribution < 1.29 is 9.22 Å². The summed E-state index contributed by atoms with van der Waals surface area (Å²) in [6, 6.07) is 0. The highest BCUT2D eigenvalue weighted by Gasteiger charge is 2.63. The number of thioether (sulfide) groups is 1. The summed E-state index contributed by atoms with van der Waals surface area (Å²) < 4.78 is 6.58. The van der Waals surface area contributed by atoms with Gasteiger partial charge in [0.2, 0.25) is 0 Å². The zero-order valence-electron chi connectivity index (χ0n) is 12.2. The van der Waals surface area contributed by atoms with Gasteiger partial charge in [-0.25, -0.2) is 0 Å². The molecule has 18 heavy (non-hydrogen) atoms. The van der Waals surface area contributed by atoms with Crippen LogP contribution < -0.4 is 0 Å². The summed E-state index contributed by atoms with van der Waals surface area (Å²) in [5.74, 6) is 1.47. The summed E-state index contributed by atoms with van der Waals surface area (Å²) >= 11 is 1.99. The quantitative estimate of drug-likeness (QED) is 0.714. The van der Waals surface area contributed by atoms with E-state index in [1.807, 2.05) is 11.8 Å². The van der Waals surface area contributed by atoms with E-state index in [9.17, 15) is 4.79 Å². The smallest absolute Gasteiger partial charge is 0.185 e. The van der Waals surface area contributed by atoms with Gasteiger partial charge in [0.25, 0.3) is 0 Å². The second-order valence-corrected chi connectivity index (χ2v) is 12.7. The normalized spacial score (nSPS) is 31.4. The van der Waals surface area contributed by atoms with Gasteiger partial charge in [0.15, 0.2) is 14.1 Å². The molecule has 0 bridgehead atoms. The minimum absolute atomic E-state index is 0.0946. The fourth-order valence-electron chi connectivity index (χ4n) is 3.55. The van der Waals surface area contributed by atoms with Crippen LogP contribution in [-0.4, -0.2) is 30.2 Å². The predicted molar refractivity (Wildman–Crippen MR) is 80.7 cm³/mol. The standard InChI is InChI=1S/C14H26O2SSi/c1-5-17-13(9-6-7-10-13)14(11-8-12(14)15)16-18(2,3)4/h5-11H2,1-4H3. The van der Waals surface area contributed by atoms with Crippen molar-refractivity contribution in [3.8, 4) is 0 Å². The maximum absolute atomic E-state index is 12.4. The van der Waals surface area contributed by atoms with Gasteiger partial charge in [0.05, 0.1) is 4.75 Å². The molecule has 0 spiro atoms. The molecule has 4 heteroatoms. The third-order valence-corrected chi connectivity index (χ3v) is 6.74. The molecule has 1 atom stereocenters. The highest BCUT2D eigenvalue weighted by atomic mass is 32.2. The number of carbonyl (C=O) groups is 1. The molecule has 0 aromatic rings. The third kappa shape index (κ3) is 2.32. The molecule has 2 aliphatic rings. The van der Waals surface area contributed by atoms with Crippen LogP contribution in [0.2, 0.25) is 19.6 Å². The molecule has 1 unspecified atom stereocenters. The number of ketones is 1. The van der Waals surface area contributed by atoms with E-state index in [2.05, 4.69) is 26.6 Å². The highest BCUT2D eigenvalue weighted by molar-refractivity contribution is 8.00. The molecule has 2 aliphatic carbocycles. The van der Waals surface area contributed by atoms with Gasteiger partial charge in [-0.3, -0.25) is 4.79 Å². The molecule has 0 amide bonds. The van der Waals surface area contributed by atoms with Crippen LogP contribution in [0.15, 0.2) is 0 Å². The maximum Gasteiger partial charge on any atom is 0.185 e. The summed E-state index contributed by atoms with van der Waals surface area (Å²) in [5, 5.41) is 0. The average Bonchev–Trinajstić information content (AvgIpc) is 2.73. The Kier molecular flexibility index (Phi) is 4.01. The first-order valence-electron chi connectivity index (χ1n) is 7.23. The summed E-state index contributed by atoms with van der Waals surface area (Å²) in [5.41, 5.74) is -0.422. The van der Waals surface area contributed by atoms with Crippen molar-refractivity contribution in [2.45, 2.75) is 75.4 Å². The number of Topliss-reactive ketones (excluding diaryl/α,β-unsaturated/α-hetero) is 1. The van der Waals surface area contributed by atoms with E-state index in [1.165, 1.54) is 25.7 Å². The van der Waals surface area contributed by atoms with Crippen LogP contribution in [-0.2, 0) is 9.22 Å². The maximum atomic E-state index is 12.4. The van der Waals surface area contributed by atoms with Gasteiger partial charge in [-0.15, -0.1) is 0 Å². The Bertz CT molecular complexity index is 331. The van der Waals surface area contributed by atoms with E-state index in [0.717, 1.165) is 18.6 Å². The third-order valence-electron chi connectivity index (χ3n) is 4.20. The van der Waals surface area contributed by atoms with Crippen LogP contribution in [0.3, 0.4) is 0 Å². The lowest BCUT2D eigenvalue weighted by molar-refractivity contribution is -0.152. The average molecular weight is 287 g/mol. The summed E-state index contributed by atoms with van der Waals surface area (Å²) in [6.45, 7) is 8.83. The summed E-state index contributed by atoms with van der Waals surface area (Å²) in [6.07, 6.45) is 6.55. The Morgan fingerprint density at radius 1 is 1.22 bits per heavy atom. The largest absolute Gasteiger partial charge is 0.404 e. The van der Waals surface area contributed by atoms with Crippen molar-refractivity contribution in [1.29, 1.82) is 0 Å². The van der Waals surface area contributed by atoms with Crippen LogP contribution in [0, 0.1) is 0 Å². The molecule has 104 valence electrons. The van der Waals surface area contributed by atoms with Crippen molar-refractivity contribution >= 4 is 25.9 Å². The summed E-state index contributed by atoms with van der Waals surface area (Å²) in [7, 11) is -1.68. The topological polar surface area (TPSA) is 26.3 Å². The SMILES string of the molecule is CCSC1(C2(O[Si](C)(C)C)CCC2=O)CCCC1. The van der Waals surface area contributed by atoms with Crippen LogP contribution in [0.1, 0.15) is 45.4 Å². The molecule has 0 aromatic carbocycles. The molecule has 0 aliphatic heterocycles. The zero-order chi connectivity index (χ0) is 13.4. The van der Waals surface area contributed by atoms with E-state index < -0.39 is 13.9 Å². The molecule has 2 saturated carbocycles.